The van der Waals surface area contributed by atoms with Crippen LogP contribution in [0.25, 0.3) is 0 Å². The lowest BCUT2D eigenvalue weighted by Crippen LogP contribution is -2.00. The van der Waals surface area contributed by atoms with Crippen molar-refractivity contribution in [3.8, 4) is 0 Å². The topological polar surface area (TPSA) is 46.0 Å². The van der Waals surface area contributed by atoms with E-state index in [1.165, 1.54) is 6.33 Å². The largest absolute Gasteiger partial charge is 0.384 e. The zero-order chi connectivity index (χ0) is 10.7. The van der Waals surface area contributed by atoms with Crippen molar-refractivity contribution in [3.63, 3.8) is 0 Å². The van der Waals surface area contributed by atoms with Crippen LogP contribution in [0.3, 0.4) is 0 Å². The number of aromatic nitrogens is 2. The summed E-state index contributed by atoms with van der Waals surface area (Å²) in [5, 5.41) is 10.0. The van der Waals surface area contributed by atoms with Gasteiger partial charge in [-0.05, 0) is 17.7 Å². The Morgan fingerprint density at radius 1 is 1.13 bits per heavy atom. The molecule has 0 fully saturated rings. The third kappa shape index (κ3) is 2.40. The zero-order valence-corrected chi connectivity index (χ0v) is 9.42. The van der Waals surface area contributed by atoms with Crippen LogP contribution in [0.4, 0.5) is 0 Å². The van der Waals surface area contributed by atoms with Gasteiger partial charge in [0.2, 0.25) is 0 Å². The molecular formula is C11H9BrN2O. The summed E-state index contributed by atoms with van der Waals surface area (Å²) in [6, 6.07) is 7.53. The van der Waals surface area contributed by atoms with Gasteiger partial charge in [-0.3, -0.25) is 0 Å². The molecule has 0 aliphatic rings. The van der Waals surface area contributed by atoms with Crippen LogP contribution in [0.5, 0.6) is 0 Å². The maximum atomic E-state index is 10.0. The molecule has 0 amide bonds. The second-order valence-corrected chi connectivity index (χ2v) is 4.05. The van der Waals surface area contributed by atoms with Crippen LogP contribution in [0.15, 0.2) is 47.5 Å². The van der Waals surface area contributed by atoms with E-state index in [2.05, 4.69) is 25.9 Å². The first-order valence-corrected chi connectivity index (χ1v) is 5.25. The molecule has 15 heavy (non-hydrogen) atoms. The second kappa shape index (κ2) is 4.51. The van der Waals surface area contributed by atoms with Crippen molar-refractivity contribution in [1.29, 1.82) is 0 Å². The van der Waals surface area contributed by atoms with Gasteiger partial charge in [0.25, 0.3) is 0 Å². The predicted octanol–water partition coefficient (Wildman–Crippen LogP) is 2.32. The summed E-state index contributed by atoms with van der Waals surface area (Å²) in [6.07, 6.45) is 3.98. The van der Waals surface area contributed by atoms with Gasteiger partial charge in [-0.25, -0.2) is 9.97 Å². The van der Waals surface area contributed by atoms with Gasteiger partial charge in [0, 0.05) is 22.4 Å². The van der Waals surface area contributed by atoms with E-state index < -0.39 is 6.10 Å². The standard InChI is InChI=1S/C11H9BrN2O/c12-10-3-1-2-8(4-10)11(15)9-5-13-7-14-6-9/h1-7,11,15H. The molecular weight excluding hydrogens is 256 g/mol. The maximum Gasteiger partial charge on any atom is 0.115 e. The normalized spacial score (nSPS) is 12.4. The minimum atomic E-state index is -0.677. The predicted molar refractivity (Wildman–Crippen MR) is 60.2 cm³/mol. The van der Waals surface area contributed by atoms with E-state index in [-0.39, 0.29) is 0 Å². The molecule has 0 saturated heterocycles. The highest BCUT2D eigenvalue weighted by molar-refractivity contribution is 9.10. The number of aliphatic hydroxyl groups is 1. The third-order valence-electron chi connectivity index (χ3n) is 2.06. The van der Waals surface area contributed by atoms with Gasteiger partial charge >= 0.3 is 0 Å². The minimum Gasteiger partial charge on any atom is -0.384 e. The molecule has 1 N–H and O–H groups in total. The Bertz CT molecular complexity index is 447. The quantitative estimate of drug-likeness (QED) is 0.906. The first-order chi connectivity index (χ1) is 7.27. The maximum absolute atomic E-state index is 10.0. The van der Waals surface area contributed by atoms with Gasteiger partial charge < -0.3 is 5.11 Å². The molecule has 0 radical (unpaired) electrons. The van der Waals surface area contributed by atoms with Crippen molar-refractivity contribution in [2.45, 2.75) is 6.10 Å². The van der Waals surface area contributed by atoms with Gasteiger partial charge in [0.05, 0.1) is 0 Å². The molecule has 76 valence electrons. The SMILES string of the molecule is OC(c1cncnc1)c1cccc(Br)c1. The summed E-state index contributed by atoms with van der Waals surface area (Å²) in [5.41, 5.74) is 1.51. The van der Waals surface area contributed by atoms with Crippen molar-refractivity contribution in [3.05, 3.63) is 58.6 Å². The highest BCUT2D eigenvalue weighted by Gasteiger charge is 2.10. The first-order valence-electron chi connectivity index (χ1n) is 4.46. The summed E-state index contributed by atoms with van der Waals surface area (Å²) in [5.74, 6) is 0. The molecule has 1 heterocycles. The molecule has 2 aromatic rings. The highest BCUT2D eigenvalue weighted by Crippen LogP contribution is 2.22. The van der Waals surface area contributed by atoms with Crippen molar-refractivity contribution in [1.82, 2.24) is 9.97 Å². The molecule has 0 aliphatic heterocycles. The Morgan fingerprint density at radius 3 is 2.53 bits per heavy atom. The van der Waals surface area contributed by atoms with Crippen molar-refractivity contribution < 1.29 is 5.11 Å². The molecule has 4 heteroatoms. The number of hydrogen-bond donors (Lipinski definition) is 1. The Hall–Kier alpha value is -1.26. The van der Waals surface area contributed by atoms with Crippen LogP contribution >= 0.6 is 15.9 Å². The Morgan fingerprint density at radius 2 is 1.87 bits per heavy atom. The van der Waals surface area contributed by atoms with Crippen molar-refractivity contribution >= 4 is 15.9 Å². The smallest absolute Gasteiger partial charge is 0.115 e. The molecule has 1 atom stereocenters. The molecule has 0 spiro atoms. The van der Waals surface area contributed by atoms with Crippen molar-refractivity contribution in [2.24, 2.45) is 0 Å². The summed E-state index contributed by atoms with van der Waals surface area (Å²) < 4.78 is 0.941. The molecule has 0 aliphatic carbocycles. The van der Waals surface area contributed by atoms with Gasteiger partial charge in [-0.2, -0.15) is 0 Å². The van der Waals surface area contributed by atoms with Crippen LogP contribution in [0.1, 0.15) is 17.2 Å². The summed E-state index contributed by atoms with van der Waals surface area (Å²) in [6.45, 7) is 0. The molecule has 2 rings (SSSR count). The average molecular weight is 265 g/mol. The van der Waals surface area contributed by atoms with Crippen LogP contribution in [0.2, 0.25) is 0 Å². The lowest BCUT2D eigenvalue weighted by molar-refractivity contribution is 0.219. The van der Waals surface area contributed by atoms with Crippen molar-refractivity contribution in [2.75, 3.05) is 0 Å². The van der Waals surface area contributed by atoms with E-state index in [4.69, 9.17) is 0 Å². The molecule has 1 aromatic heterocycles. The van der Waals surface area contributed by atoms with Crippen LogP contribution in [-0.4, -0.2) is 15.1 Å². The Labute approximate surface area is 96.0 Å². The molecule has 3 nitrogen and oxygen atoms in total. The molecule has 0 bridgehead atoms. The fourth-order valence-electron chi connectivity index (χ4n) is 1.32. The zero-order valence-electron chi connectivity index (χ0n) is 7.84. The number of aliphatic hydroxyl groups excluding tert-OH is 1. The Kier molecular flexibility index (Phi) is 3.08. The lowest BCUT2D eigenvalue weighted by atomic mass is 10.0. The molecule has 1 aromatic carbocycles. The van der Waals surface area contributed by atoms with Gasteiger partial charge in [-0.15, -0.1) is 0 Å². The van der Waals surface area contributed by atoms with E-state index in [1.54, 1.807) is 12.4 Å². The van der Waals surface area contributed by atoms with E-state index in [0.29, 0.717) is 5.56 Å². The number of benzene rings is 1. The fourth-order valence-corrected chi connectivity index (χ4v) is 1.74. The minimum absolute atomic E-state index is 0.677. The highest BCUT2D eigenvalue weighted by atomic mass is 79.9. The summed E-state index contributed by atoms with van der Waals surface area (Å²) in [7, 11) is 0. The monoisotopic (exact) mass is 264 g/mol. The third-order valence-corrected chi connectivity index (χ3v) is 2.55. The lowest BCUT2D eigenvalue weighted by Gasteiger charge is -2.10. The van der Waals surface area contributed by atoms with Crippen LogP contribution < -0.4 is 0 Å². The van der Waals surface area contributed by atoms with Gasteiger partial charge in [0.15, 0.2) is 0 Å². The number of hydrogen-bond acceptors (Lipinski definition) is 3. The Balaban J connectivity index is 2.32. The second-order valence-electron chi connectivity index (χ2n) is 3.13. The first kappa shape index (κ1) is 10.3. The van der Waals surface area contributed by atoms with Crippen LogP contribution in [-0.2, 0) is 0 Å². The number of halogens is 1. The van der Waals surface area contributed by atoms with Crippen LogP contribution in [0, 0.1) is 0 Å². The fraction of sp³-hybridized carbons (Fsp3) is 0.0909. The number of nitrogens with zero attached hydrogens (tertiary/aromatic N) is 2. The van der Waals surface area contributed by atoms with Gasteiger partial charge in [-0.1, -0.05) is 28.1 Å². The van der Waals surface area contributed by atoms with Gasteiger partial charge in [0.1, 0.15) is 12.4 Å². The average Bonchev–Trinajstić information content (AvgIpc) is 2.29. The summed E-state index contributed by atoms with van der Waals surface area (Å²) >= 11 is 3.36. The van der Waals surface area contributed by atoms with E-state index in [0.717, 1.165) is 10.0 Å². The van der Waals surface area contributed by atoms with E-state index in [1.807, 2.05) is 24.3 Å². The molecule has 0 saturated carbocycles. The van der Waals surface area contributed by atoms with E-state index >= 15 is 0 Å². The summed E-state index contributed by atoms with van der Waals surface area (Å²) in [4.78, 5) is 7.74. The van der Waals surface area contributed by atoms with E-state index in [9.17, 15) is 5.11 Å². The molecule has 1 unspecified atom stereocenters. The number of rotatable bonds is 2.